The molecule has 0 aliphatic rings. The maximum atomic E-state index is 11.0. The zero-order valence-corrected chi connectivity index (χ0v) is 11.5. The summed E-state index contributed by atoms with van der Waals surface area (Å²) < 4.78 is 27.5. The van der Waals surface area contributed by atoms with Gasteiger partial charge in [-0.2, -0.15) is 0 Å². The lowest BCUT2D eigenvalue weighted by atomic mass is 9.82. The lowest BCUT2D eigenvalue weighted by molar-refractivity contribution is 0.0659. The smallest absolute Gasteiger partial charge is 0.232 e. The second-order valence-corrected chi connectivity index (χ2v) is 7.66. The summed E-state index contributed by atoms with van der Waals surface area (Å²) in [5, 5.41) is 0. The number of hydrogen-bond donors (Lipinski definition) is 0. The van der Waals surface area contributed by atoms with E-state index in [0.717, 1.165) is 6.42 Å². The van der Waals surface area contributed by atoms with Gasteiger partial charge in [-0.25, -0.2) is 8.42 Å². The fourth-order valence-electron chi connectivity index (χ4n) is 1.16. The zero-order valence-electron chi connectivity index (χ0n) is 9.92. The van der Waals surface area contributed by atoms with Gasteiger partial charge >= 0.3 is 0 Å². The third-order valence-corrected chi connectivity index (χ3v) is 3.47. The van der Waals surface area contributed by atoms with Crippen LogP contribution in [0.15, 0.2) is 0 Å². The average molecular weight is 257 g/mol. The maximum Gasteiger partial charge on any atom is 0.232 e. The molecule has 0 spiro atoms. The Labute approximate surface area is 97.6 Å². The third kappa shape index (κ3) is 8.05. The molecule has 5 heteroatoms. The monoisotopic (exact) mass is 256 g/mol. The standard InChI is InChI=1S/C10H21ClO3S/c1-5-6-14-7-9(10(2,3)4)8-15(11,12)13/h9H,5-8H2,1-4H3. The third-order valence-electron chi connectivity index (χ3n) is 2.29. The predicted octanol–water partition coefficient (Wildman–Crippen LogP) is 2.64. The van der Waals surface area contributed by atoms with Gasteiger partial charge in [-0.3, -0.25) is 0 Å². The van der Waals surface area contributed by atoms with Crippen molar-refractivity contribution in [3.63, 3.8) is 0 Å². The molecule has 0 amide bonds. The van der Waals surface area contributed by atoms with Crippen molar-refractivity contribution in [3.05, 3.63) is 0 Å². The van der Waals surface area contributed by atoms with E-state index in [1.165, 1.54) is 0 Å². The van der Waals surface area contributed by atoms with Gasteiger partial charge in [0, 0.05) is 23.2 Å². The van der Waals surface area contributed by atoms with Crippen molar-refractivity contribution >= 4 is 19.7 Å². The Balaban J connectivity index is 4.34. The SMILES string of the molecule is CCCOCC(CS(=O)(=O)Cl)C(C)(C)C. The summed E-state index contributed by atoms with van der Waals surface area (Å²) in [5.41, 5.74) is -0.115. The topological polar surface area (TPSA) is 43.4 Å². The van der Waals surface area contributed by atoms with Gasteiger partial charge in [0.2, 0.25) is 9.05 Å². The van der Waals surface area contributed by atoms with Crippen LogP contribution in [0.25, 0.3) is 0 Å². The largest absolute Gasteiger partial charge is 0.381 e. The second kappa shape index (κ2) is 6.06. The molecule has 0 aromatic heterocycles. The molecule has 0 heterocycles. The quantitative estimate of drug-likeness (QED) is 0.542. The van der Waals surface area contributed by atoms with Crippen molar-refractivity contribution in [2.24, 2.45) is 11.3 Å². The highest BCUT2D eigenvalue weighted by molar-refractivity contribution is 8.13. The van der Waals surface area contributed by atoms with E-state index in [1.54, 1.807) is 0 Å². The first-order valence-electron chi connectivity index (χ1n) is 5.17. The first-order valence-corrected chi connectivity index (χ1v) is 7.64. The number of rotatable bonds is 6. The summed E-state index contributed by atoms with van der Waals surface area (Å²) in [6, 6.07) is 0. The maximum absolute atomic E-state index is 11.0. The lowest BCUT2D eigenvalue weighted by Gasteiger charge is -2.29. The molecule has 0 saturated carbocycles. The highest BCUT2D eigenvalue weighted by Gasteiger charge is 2.28. The molecule has 0 radical (unpaired) electrons. The molecule has 0 N–H and O–H groups in total. The van der Waals surface area contributed by atoms with Gasteiger partial charge in [-0.15, -0.1) is 0 Å². The van der Waals surface area contributed by atoms with E-state index in [1.807, 2.05) is 27.7 Å². The van der Waals surface area contributed by atoms with E-state index in [2.05, 4.69) is 0 Å². The summed E-state index contributed by atoms with van der Waals surface area (Å²) in [7, 11) is 1.81. The summed E-state index contributed by atoms with van der Waals surface area (Å²) in [6.45, 7) is 9.11. The Hall–Kier alpha value is 0.200. The van der Waals surface area contributed by atoms with Crippen LogP contribution in [0, 0.1) is 11.3 Å². The van der Waals surface area contributed by atoms with E-state index in [0.29, 0.717) is 13.2 Å². The van der Waals surface area contributed by atoms with Crippen molar-refractivity contribution in [3.8, 4) is 0 Å². The van der Waals surface area contributed by atoms with Gasteiger partial charge < -0.3 is 4.74 Å². The minimum Gasteiger partial charge on any atom is -0.381 e. The predicted molar refractivity (Wildman–Crippen MR) is 63.7 cm³/mol. The van der Waals surface area contributed by atoms with Crippen LogP contribution in [0.3, 0.4) is 0 Å². The average Bonchev–Trinajstić information content (AvgIpc) is 1.99. The van der Waals surface area contributed by atoms with Gasteiger partial charge in [-0.1, -0.05) is 27.7 Å². The molecule has 0 bridgehead atoms. The normalized spacial score (nSPS) is 15.3. The van der Waals surface area contributed by atoms with Crippen LogP contribution in [0.4, 0.5) is 0 Å². The van der Waals surface area contributed by atoms with Crippen molar-refractivity contribution < 1.29 is 13.2 Å². The van der Waals surface area contributed by atoms with Crippen LogP contribution in [0.1, 0.15) is 34.1 Å². The highest BCUT2D eigenvalue weighted by atomic mass is 35.7. The van der Waals surface area contributed by atoms with Crippen LogP contribution < -0.4 is 0 Å². The van der Waals surface area contributed by atoms with E-state index >= 15 is 0 Å². The highest BCUT2D eigenvalue weighted by Crippen LogP contribution is 2.28. The van der Waals surface area contributed by atoms with Crippen molar-refractivity contribution in [2.45, 2.75) is 34.1 Å². The molecule has 0 aliphatic carbocycles. The minimum atomic E-state index is -3.45. The molecule has 0 aromatic rings. The molecule has 0 aromatic carbocycles. The Morgan fingerprint density at radius 2 is 1.87 bits per heavy atom. The van der Waals surface area contributed by atoms with Crippen molar-refractivity contribution in [1.29, 1.82) is 0 Å². The first-order chi connectivity index (χ1) is 6.67. The molecule has 0 rings (SSSR count). The fourth-order valence-corrected chi connectivity index (χ4v) is 2.69. The molecular formula is C10H21ClO3S. The van der Waals surface area contributed by atoms with Gasteiger partial charge in [0.1, 0.15) is 0 Å². The molecule has 0 fully saturated rings. The number of hydrogen-bond acceptors (Lipinski definition) is 3. The Bertz CT molecular complexity index is 267. The van der Waals surface area contributed by atoms with E-state index in [9.17, 15) is 8.42 Å². The zero-order chi connectivity index (χ0) is 12.1. The molecule has 1 unspecified atom stereocenters. The van der Waals surface area contributed by atoms with Gasteiger partial charge in [0.05, 0.1) is 12.4 Å². The Morgan fingerprint density at radius 1 is 1.33 bits per heavy atom. The van der Waals surface area contributed by atoms with Crippen LogP contribution in [-0.2, 0) is 13.8 Å². The molecule has 15 heavy (non-hydrogen) atoms. The van der Waals surface area contributed by atoms with Gasteiger partial charge in [0.25, 0.3) is 0 Å². The van der Waals surface area contributed by atoms with Crippen molar-refractivity contribution in [2.75, 3.05) is 19.0 Å². The van der Waals surface area contributed by atoms with Crippen LogP contribution in [0.5, 0.6) is 0 Å². The van der Waals surface area contributed by atoms with Gasteiger partial charge in [-0.05, 0) is 11.8 Å². The fraction of sp³-hybridized carbons (Fsp3) is 1.00. The lowest BCUT2D eigenvalue weighted by Crippen LogP contribution is -2.30. The van der Waals surface area contributed by atoms with E-state index < -0.39 is 9.05 Å². The van der Waals surface area contributed by atoms with E-state index in [-0.39, 0.29) is 17.1 Å². The molecule has 0 aliphatic heterocycles. The first kappa shape index (κ1) is 15.2. The van der Waals surface area contributed by atoms with Crippen LogP contribution >= 0.6 is 10.7 Å². The van der Waals surface area contributed by atoms with Crippen LogP contribution in [-0.4, -0.2) is 27.4 Å². The molecule has 1 atom stereocenters. The summed E-state index contributed by atoms with van der Waals surface area (Å²) in [6.07, 6.45) is 0.935. The molecular weight excluding hydrogens is 236 g/mol. The van der Waals surface area contributed by atoms with Gasteiger partial charge in [0.15, 0.2) is 0 Å². The Kier molecular flexibility index (Phi) is 6.14. The second-order valence-electron chi connectivity index (χ2n) is 4.84. The number of halogens is 1. The Morgan fingerprint density at radius 3 is 2.20 bits per heavy atom. The molecule has 3 nitrogen and oxygen atoms in total. The van der Waals surface area contributed by atoms with Crippen molar-refractivity contribution in [1.82, 2.24) is 0 Å². The van der Waals surface area contributed by atoms with E-state index in [4.69, 9.17) is 15.4 Å². The number of ether oxygens (including phenoxy) is 1. The summed E-state index contributed by atoms with van der Waals surface area (Å²) in [5.74, 6) is -0.0894. The summed E-state index contributed by atoms with van der Waals surface area (Å²) in [4.78, 5) is 0. The molecule has 92 valence electrons. The summed E-state index contributed by atoms with van der Waals surface area (Å²) >= 11 is 0. The minimum absolute atomic E-state index is 0.0260. The van der Waals surface area contributed by atoms with Crippen LogP contribution in [0.2, 0.25) is 0 Å². The molecule has 0 saturated heterocycles.